The Morgan fingerprint density at radius 1 is 1.08 bits per heavy atom. The number of carbonyl (C=O) groups excluding carboxylic acids is 2. The molecule has 1 N–H and O–H groups in total. The maximum Gasteiger partial charge on any atom is 0.338 e. The van der Waals surface area contributed by atoms with E-state index in [1.54, 1.807) is 12.1 Å². The lowest BCUT2D eigenvalue weighted by atomic mass is 10.2. The number of nitrogens with zero attached hydrogens (tertiary/aromatic N) is 1. The number of hydrogen-bond donors (Lipinski definition) is 1. The van der Waals surface area contributed by atoms with Crippen molar-refractivity contribution in [1.29, 1.82) is 0 Å². The first-order valence-electron chi connectivity index (χ1n) is 7.71. The number of nitrogens with one attached hydrogen (secondary N) is 1. The average Bonchev–Trinajstić information content (AvgIpc) is 2.59. The van der Waals surface area contributed by atoms with Gasteiger partial charge < -0.3 is 15.0 Å². The van der Waals surface area contributed by atoms with Crippen LogP contribution in [0, 0.1) is 0 Å². The average molecular weight is 376 g/mol. The van der Waals surface area contributed by atoms with Crippen molar-refractivity contribution in [1.82, 2.24) is 0 Å². The largest absolute Gasteiger partial charge is 0.452 e. The van der Waals surface area contributed by atoms with Crippen molar-refractivity contribution in [3.63, 3.8) is 0 Å². The molecule has 0 bridgehead atoms. The molecule has 0 unspecified atom stereocenters. The van der Waals surface area contributed by atoms with E-state index < -0.39 is 28.3 Å². The van der Waals surface area contributed by atoms with Gasteiger partial charge in [-0.15, -0.1) is 0 Å². The van der Waals surface area contributed by atoms with Gasteiger partial charge in [-0.2, -0.15) is 0 Å². The first-order chi connectivity index (χ1) is 12.2. The lowest BCUT2D eigenvalue weighted by Gasteiger charge is -2.13. The van der Waals surface area contributed by atoms with Gasteiger partial charge in [-0.25, -0.2) is 13.2 Å². The normalized spacial score (nSPS) is 10.9. The molecule has 7 nitrogen and oxygen atoms in total. The zero-order valence-electron chi connectivity index (χ0n) is 14.7. The standard InChI is InChI=1S/C18H20N2O5S/c1-20(2)15-9-7-14(8-10-15)19-17(21)12-25-18(22)13-5-4-6-16(11-13)26(3,23)24/h4-11H,12H2,1-3H3,(H,19,21). The molecule has 2 aromatic rings. The summed E-state index contributed by atoms with van der Waals surface area (Å²) in [6, 6.07) is 12.6. The van der Waals surface area contributed by atoms with Gasteiger partial charge in [-0.05, 0) is 42.5 Å². The van der Waals surface area contributed by atoms with Gasteiger partial charge in [0.15, 0.2) is 16.4 Å². The summed E-state index contributed by atoms with van der Waals surface area (Å²) in [5, 5.41) is 2.62. The van der Waals surface area contributed by atoms with Crippen LogP contribution in [-0.2, 0) is 19.4 Å². The van der Waals surface area contributed by atoms with Crippen molar-refractivity contribution in [3.05, 3.63) is 54.1 Å². The predicted octanol–water partition coefficient (Wildman–Crippen LogP) is 1.95. The van der Waals surface area contributed by atoms with Crippen LogP contribution in [0.4, 0.5) is 11.4 Å². The highest BCUT2D eigenvalue weighted by Gasteiger charge is 2.14. The Kier molecular flexibility index (Phi) is 5.99. The van der Waals surface area contributed by atoms with Crippen molar-refractivity contribution in [2.24, 2.45) is 0 Å². The molecular formula is C18H20N2O5S. The third-order valence-electron chi connectivity index (χ3n) is 3.50. The molecule has 0 spiro atoms. The molecule has 2 rings (SSSR count). The van der Waals surface area contributed by atoms with Gasteiger partial charge in [-0.1, -0.05) is 6.07 Å². The number of hydrogen-bond acceptors (Lipinski definition) is 6. The summed E-state index contributed by atoms with van der Waals surface area (Å²) in [5.41, 5.74) is 1.63. The Bertz CT molecular complexity index is 905. The van der Waals surface area contributed by atoms with E-state index in [-0.39, 0.29) is 10.5 Å². The van der Waals surface area contributed by atoms with Crippen LogP contribution < -0.4 is 10.2 Å². The zero-order valence-corrected chi connectivity index (χ0v) is 15.5. The molecule has 0 aliphatic heterocycles. The van der Waals surface area contributed by atoms with E-state index in [1.807, 2.05) is 31.1 Å². The molecule has 0 heterocycles. The Balaban J connectivity index is 1.93. The van der Waals surface area contributed by atoms with E-state index in [2.05, 4.69) is 5.32 Å². The topological polar surface area (TPSA) is 92.8 Å². The minimum atomic E-state index is -3.43. The highest BCUT2D eigenvalue weighted by molar-refractivity contribution is 7.90. The molecule has 1 amide bonds. The van der Waals surface area contributed by atoms with Crippen molar-refractivity contribution in [3.8, 4) is 0 Å². The van der Waals surface area contributed by atoms with Crippen molar-refractivity contribution >= 4 is 33.1 Å². The van der Waals surface area contributed by atoms with E-state index in [4.69, 9.17) is 4.74 Å². The molecular weight excluding hydrogens is 356 g/mol. The molecule has 0 saturated carbocycles. The minimum Gasteiger partial charge on any atom is -0.452 e. The van der Waals surface area contributed by atoms with Gasteiger partial charge >= 0.3 is 5.97 Å². The zero-order chi connectivity index (χ0) is 19.3. The second-order valence-electron chi connectivity index (χ2n) is 5.87. The minimum absolute atomic E-state index is 0.0115. The second kappa shape index (κ2) is 8.01. The first-order valence-corrected chi connectivity index (χ1v) is 9.60. The summed E-state index contributed by atoms with van der Waals surface area (Å²) < 4.78 is 28.0. The van der Waals surface area contributed by atoms with Crippen LogP contribution in [-0.4, -0.2) is 47.3 Å². The summed E-state index contributed by atoms with van der Waals surface area (Å²) in [6.45, 7) is -0.475. The molecule has 0 fully saturated rings. The molecule has 0 aromatic heterocycles. The maximum atomic E-state index is 12.0. The molecule has 2 aromatic carbocycles. The van der Waals surface area contributed by atoms with E-state index in [0.717, 1.165) is 11.9 Å². The van der Waals surface area contributed by atoms with Crippen molar-refractivity contribution in [2.45, 2.75) is 4.90 Å². The predicted molar refractivity (Wildman–Crippen MR) is 99.2 cm³/mol. The monoisotopic (exact) mass is 376 g/mol. The van der Waals surface area contributed by atoms with Gasteiger partial charge in [0.05, 0.1) is 10.5 Å². The lowest BCUT2D eigenvalue weighted by molar-refractivity contribution is -0.119. The summed E-state index contributed by atoms with van der Waals surface area (Å²) >= 11 is 0. The highest BCUT2D eigenvalue weighted by atomic mass is 32.2. The number of carbonyl (C=O) groups is 2. The molecule has 0 aliphatic rings. The van der Waals surface area contributed by atoms with Crippen molar-refractivity contribution in [2.75, 3.05) is 37.2 Å². The third kappa shape index (κ3) is 5.32. The third-order valence-corrected chi connectivity index (χ3v) is 4.61. The number of benzene rings is 2. The van der Waals surface area contributed by atoms with Gasteiger partial charge in [-0.3, -0.25) is 4.79 Å². The SMILES string of the molecule is CN(C)c1ccc(NC(=O)COC(=O)c2cccc(S(C)(=O)=O)c2)cc1. The fourth-order valence-corrected chi connectivity index (χ4v) is 2.77. The quantitative estimate of drug-likeness (QED) is 0.775. The van der Waals surface area contributed by atoms with Crippen LogP contribution in [0.5, 0.6) is 0 Å². The summed E-state index contributed by atoms with van der Waals surface area (Å²) in [6.07, 6.45) is 1.05. The van der Waals surface area contributed by atoms with Crippen LogP contribution >= 0.6 is 0 Å². The molecule has 0 atom stereocenters. The Hall–Kier alpha value is -2.87. The van der Waals surface area contributed by atoms with Crippen LogP contribution in [0.3, 0.4) is 0 Å². The van der Waals surface area contributed by atoms with Crippen LogP contribution in [0.1, 0.15) is 10.4 Å². The Labute approximate surface area is 152 Å². The number of ether oxygens (including phenoxy) is 1. The van der Waals surface area contributed by atoms with Crippen LogP contribution in [0.15, 0.2) is 53.4 Å². The van der Waals surface area contributed by atoms with Crippen LogP contribution in [0.2, 0.25) is 0 Å². The smallest absolute Gasteiger partial charge is 0.338 e. The second-order valence-corrected chi connectivity index (χ2v) is 7.88. The Morgan fingerprint density at radius 2 is 1.73 bits per heavy atom. The molecule has 0 aliphatic carbocycles. The fraction of sp³-hybridized carbons (Fsp3) is 0.222. The number of sulfone groups is 1. The van der Waals surface area contributed by atoms with Gasteiger partial charge in [0.25, 0.3) is 5.91 Å². The summed E-state index contributed by atoms with van der Waals surface area (Å²) in [4.78, 5) is 25.8. The van der Waals surface area contributed by atoms with E-state index in [9.17, 15) is 18.0 Å². The van der Waals surface area contributed by atoms with E-state index in [0.29, 0.717) is 5.69 Å². The Morgan fingerprint density at radius 3 is 2.31 bits per heavy atom. The molecule has 138 valence electrons. The highest BCUT2D eigenvalue weighted by Crippen LogP contribution is 2.16. The number of esters is 1. The summed E-state index contributed by atoms with van der Waals surface area (Å²) in [7, 11) is 0.386. The molecule has 8 heteroatoms. The molecule has 0 saturated heterocycles. The number of anilines is 2. The van der Waals surface area contributed by atoms with E-state index in [1.165, 1.54) is 24.3 Å². The van der Waals surface area contributed by atoms with Gasteiger partial charge in [0, 0.05) is 31.7 Å². The fourth-order valence-electron chi connectivity index (χ4n) is 2.11. The van der Waals surface area contributed by atoms with Gasteiger partial charge in [0.2, 0.25) is 0 Å². The van der Waals surface area contributed by atoms with Crippen LogP contribution in [0.25, 0.3) is 0 Å². The first kappa shape index (κ1) is 19.5. The van der Waals surface area contributed by atoms with E-state index >= 15 is 0 Å². The summed E-state index contributed by atoms with van der Waals surface area (Å²) in [5.74, 6) is -1.26. The lowest BCUT2D eigenvalue weighted by Crippen LogP contribution is -2.21. The van der Waals surface area contributed by atoms with Gasteiger partial charge in [0.1, 0.15) is 0 Å². The maximum absolute atomic E-state index is 12.0. The molecule has 26 heavy (non-hydrogen) atoms. The number of amides is 1. The number of rotatable bonds is 6. The van der Waals surface area contributed by atoms with Crippen molar-refractivity contribution < 1.29 is 22.7 Å². The molecule has 0 radical (unpaired) electrons.